The quantitative estimate of drug-likeness (QED) is 0.353. The molecule has 0 aliphatic rings. The first-order valence-corrected chi connectivity index (χ1v) is 9.80. The Morgan fingerprint density at radius 3 is 1.92 bits per heavy atom. The van der Waals surface area contributed by atoms with E-state index in [1.54, 1.807) is 0 Å². The molecular weight excluding hydrogens is 318 g/mol. The topological polar surface area (TPSA) is 20.3 Å². The summed E-state index contributed by atoms with van der Waals surface area (Å²) >= 11 is 0. The number of hydrogen-bond acceptors (Lipinski definition) is 1. The molecule has 0 atom stereocenters. The normalized spacial score (nSPS) is 11.0. The first kappa shape index (κ1) is 20.0. The van der Waals surface area contributed by atoms with Gasteiger partial charge in [0.2, 0.25) is 5.91 Å². The molecule has 0 saturated carbocycles. The summed E-state index contributed by atoms with van der Waals surface area (Å²) in [6.07, 6.45) is 10.8. The minimum atomic E-state index is 0.183. The second kappa shape index (κ2) is 12.1. The highest BCUT2D eigenvalue weighted by Crippen LogP contribution is 2.12. The third kappa shape index (κ3) is 7.69. The average Bonchev–Trinajstić information content (AvgIpc) is 2.68. The van der Waals surface area contributed by atoms with Crippen LogP contribution in [0.4, 0.5) is 0 Å². The molecule has 2 aromatic carbocycles. The third-order valence-corrected chi connectivity index (χ3v) is 4.47. The summed E-state index contributed by atoms with van der Waals surface area (Å²) in [6, 6.07) is 20.4. The molecule has 0 N–H and O–H groups in total. The summed E-state index contributed by atoms with van der Waals surface area (Å²) in [5.74, 6) is 0.183. The van der Waals surface area contributed by atoms with Crippen molar-refractivity contribution in [1.29, 1.82) is 0 Å². The summed E-state index contributed by atoms with van der Waals surface area (Å²) < 4.78 is 0. The second-order valence-electron chi connectivity index (χ2n) is 6.75. The molecule has 2 nitrogen and oxygen atoms in total. The smallest absolute Gasteiger partial charge is 0.226 e. The van der Waals surface area contributed by atoms with E-state index in [9.17, 15) is 4.79 Å². The van der Waals surface area contributed by atoms with E-state index in [2.05, 4.69) is 37.3 Å². The van der Waals surface area contributed by atoms with E-state index in [-0.39, 0.29) is 5.91 Å². The van der Waals surface area contributed by atoms with Crippen LogP contribution < -0.4 is 0 Å². The number of rotatable bonds is 11. The predicted molar refractivity (Wildman–Crippen MR) is 110 cm³/mol. The number of hydrogen-bond donors (Lipinski definition) is 0. The van der Waals surface area contributed by atoms with Crippen molar-refractivity contribution < 1.29 is 4.79 Å². The van der Waals surface area contributed by atoms with Crippen molar-refractivity contribution >= 4 is 5.91 Å². The highest BCUT2D eigenvalue weighted by Gasteiger charge is 2.13. The standard InChI is InChI=1S/C24H31NO/c1-2-3-4-5-6-7-14-19-24(26)25(20-22-15-10-8-11-16-22)21-23-17-12-9-13-18-23/h7-18H,2-6,19-21H2,1H3/b14-7+. The second-order valence-corrected chi connectivity index (χ2v) is 6.75. The monoisotopic (exact) mass is 349 g/mol. The maximum Gasteiger partial charge on any atom is 0.226 e. The van der Waals surface area contributed by atoms with E-state index < -0.39 is 0 Å². The number of carbonyl (C=O) groups is 1. The Balaban J connectivity index is 1.91. The molecule has 26 heavy (non-hydrogen) atoms. The lowest BCUT2D eigenvalue weighted by Gasteiger charge is -2.22. The van der Waals surface area contributed by atoms with E-state index in [1.807, 2.05) is 47.4 Å². The molecule has 1 amide bonds. The Kier molecular flexibility index (Phi) is 9.27. The molecule has 2 aromatic rings. The van der Waals surface area contributed by atoms with Crippen LogP contribution in [-0.2, 0) is 17.9 Å². The summed E-state index contributed by atoms with van der Waals surface area (Å²) in [5.41, 5.74) is 2.33. The van der Waals surface area contributed by atoms with Crippen molar-refractivity contribution in [2.24, 2.45) is 0 Å². The van der Waals surface area contributed by atoms with Crippen molar-refractivity contribution in [3.8, 4) is 0 Å². The zero-order valence-corrected chi connectivity index (χ0v) is 15.9. The zero-order chi connectivity index (χ0) is 18.5. The third-order valence-electron chi connectivity index (χ3n) is 4.47. The van der Waals surface area contributed by atoms with Crippen molar-refractivity contribution in [1.82, 2.24) is 4.90 Å². The molecule has 0 spiro atoms. The van der Waals surface area contributed by atoms with Gasteiger partial charge in [0.1, 0.15) is 0 Å². The molecule has 0 heterocycles. The van der Waals surface area contributed by atoms with Crippen molar-refractivity contribution in [2.45, 2.75) is 58.5 Å². The molecule has 0 saturated heterocycles. The van der Waals surface area contributed by atoms with E-state index in [1.165, 1.54) is 36.8 Å². The fraction of sp³-hybridized carbons (Fsp3) is 0.375. The molecule has 0 fully saturated rings. The highest BCUT2D eigenvalue weighted by molar-refractivity contribution is 5.77. The molecule has 0 aliphatic carbocycles. The van der Waals surface area contributed by atoms with Crippen molar-refractivity contribution in [3.05, 3.63) is 83.9 Å². The van der Waals surface area contributed by atoms with Gasteiger partial charge in [-0.05, 0) is 24.0 Å². The van der Waals surface area contributed by atoms with Gasteiger partial charge in [-0.3, -0.25) is 4.79 Å². The van der Waals surface area contributed by atoms with Gasteiger partial charge in [-0.2, -0.15) is 0 Å². The average molecular weight is 350 g/mol. The Bertz CT molecular complexity index is 607. The van der Waals surface area contributed by atoms with Gasteiger partial charge in [-0.15, -0.1) is 0 Å². The van der Waals surface area contributed by atoms with Gasteiger partial charge in [-0.1, -0.05) is 99.0 Å². The summed E-state index contributed by atoms with van der Waals surface area (Å²) in [4.78, 5) is 14.7. The Labute approximate surface area is 158 Å². The number of unbranched alkanes of at least 4 members (excludes halogenated alkanes) is 4. The maximum atomic E-state index is 12.8. The van der Waals surface area contributed by atoms with Crippen molar-refractivity contribution in [3.63, 3.8) is 0 Å². The largest absolute Gasteiger partial charge is 0.334 e. The van der Waals surface area contributed by atoms with Crippen LogP contribution in [0, 0.1) is 0 Å². The molecule has 0 aliphatic heterocycles. The summed E-state index contributed by atoms with van der Waals surface area (Å²) in [6.45, 7) is 3.53. The number of nitrogens with zero attached hydrogens (tertiary/aromatic N) is 1. The van der Waals surface area contributed by atoms with Crippen LogP contribution in [-0.4, -0.2) is 10.8 Å². The fourth-order valence-corrected chi connectivity index (χ4v) is 2.96. The summed E-state index contributed by atoms with van der Waals surface area (Å²) in [7, 11) is 0. The van der Waals surface area contributed by atoms with Crippen LogP contribution >= 0.6 is 0 Å². The van der Waals surface area contributed by atoms with Gasteiger partial charge >= 0.3 is 0 Å². The maximum absolute atomic E-state index is 12.8. The van der Waals surface area contributed by atoms with Crippen LogP contribution in [0.25, 0.3) is 0 Å². The molecule has 2 rings (SSSR count). The molecule has 0 radical (unpaired) electrons. The Morgan fingerprint density at radius 2 is 1.38 bits per heavy atom. The molecule has 138 valence electrons. The first-order valence-electron chi connectivity index (χ1n) is 9.80. The molecule has 0 unspecified atom stereocenters. The molecule has 0 aromatic heterocycles. The number of allylic oxidation sites excluding steroid dienone is 1. The van der Waals surface area contributed by atoms with Gasteiger partial charge in [0.05, 0.1) is 0 Å². The SMILES string of the molecule is CCCCCC/C=C/CC(=O)N(Cc1ccccc1)Cc1ccccc1. The van der Waals surface area contributed by atoms with E-state index in [0.29, 0.717) is 19.5 Å². The van der Waals surface area contributed by atoms with Gasteiger partial charge in [0.25, 0.3) is 0 Å². The van der Waals surface area contributed by atoms with Crippen LogP contribution in [0.15, 0.2) is 72.8 Å². The lowest BCUT2D eigenvalue weighted by molar-refractivity contribution is -0.131. The Hall–Kier alpha value is -2.35. The lowest BCUT2D eigenvalue weighted by atomic mass is 10.1. The predicted octanol–water partition coefficient (Wildman–Crippen LogP) is 6.13. The van der Waals surface area contributed by atoms with Crippen LogP contribution in [0.2, 0.25) is 0 Å². The number of carbonyl (C=O) groups excluding carboxylic acids is 1. The Morgan fingerprint density at radius 1 is 0.808 bits per heavy atom. The molecule has 0 bridgehead atoms. The summed E-state index contributed by atoms with van der Waals surface area (Å²) in [5, 5.41) is 0. The van der Waals surface area contributed by atoms with E-state index >= 15 is 0 Å². The highest BCUT2D eigenvalue weighted by atomic mass is 16.2. The fourth-order valence-electron chi connectivity index (χ4n) is 2.96. The van der Waals surface area contributed by atoms with Gasteiger partial charge < -0.3 is 4.90 Å². The number of benzene rings is 2. The van der Waals surface area contributed by atoms with E-state index in [0.717, 1.165) is 6.42 Å². The number of amides is 1. The van der Waals surface area contributed by atoms with Crippen LogP contribution in [0.3, 0.4) is 0 Å². The van der Waals surface area contributed by atoms with Crippen LogP contribution in [0.1, 0.15) is 56.6 Å². The van der Waals surface area contributed by atoms with Crippen molar-refractivity contribution in [2.75, 3.05) is 0 Å². The minimum absolute atomic E-state index is 0.183. The molecular formula is C24H31NO. The molecule has 2 heteroatoms. The van der Waals surface area contributed by atoms with Gasteiger partial charge in [-0.25, -0.2) is 0 Å². The first-order chi connectivity index (χ1) is 12.8. The zero-order valence-electron chi connectivity index (χ0n) is 15.9. The van der Waals surface area contributed by atoms with Gasteiger partial charge in [0.15, 0.2) is 0 Å². The lowest BCUT2D eigenvalue weighted by Crippen LogP contribution is -2.29. The minimum Gasteiger partial charge on any atom is -0.334 e. The van der Waals surface area contributed by atoms with Gasteiger partial charge in [0, 0.05) is 19.5 Å². The van der Waals surface area contributed by atoms with Crippen LogP contribution in [0.5, 0.6) is 0 Å². The van der Waals surface area contributed by atoms with E-state index in [4.69, 9.17) is 0 Å².